The lowest BCUT2D eigenvalue weighted by molar-refractivity contribution is -0.125. The normalized spacial score (nSPS) is 22.3. The summed E-state index contributed by atoms with van der Waals surface area (Å²) in [6.45, 7) is 9.64. The number of carbonyl (C=O) groups is 4. The lowest BCUT2D eigenvalue weighted by Crippen LogP contribution is -2.55. The van der Waals surface area contributed by atoms with Gasteiger partial charge >= 0.3 is 18.1 Å². The summed E-state index contributed by atoms with van der Waals surface area (Å²) in [5.74, 6) is 2.06. The molecule has 12 rings (SSSR count). The van der Waals surface area contributed by atoms with Crippen LogP contribution in [0.4, 0.5) is 31.9 Å². The molecule has 4 aromatic carbocycles. The second kappa shape index (κ2) is 64.1. The van der Waals surface area contributed by atoms with Crippen molar-refractivity contribution in [1.82, 2.24) is 57.2 Å². The molecular weight excluding hydrogens is 1730 g/mol. The highest BCUT2D eigenvalue weighted by Crippen LogP contribution is 2.45. The Labute approximate surface area is 816 Å². The zero-order valence-electron chi connectivity index (χ0n) is 84.5. The van der Waals surface area contributed by atoms with Crippen LogP contribution in [0.15, 0.2) is 103 Å². The number of urea groups is 3. The molecule has 1 unspecified atom stereocenters. The molecule has 0 aromatic heterocycles. The Bertz CT molecular complexity index is 3780. The van der Waals surface area contributed by atoms with E-state index in [2.05, 4.69) is 42.5 Å². The molecule has 4 saturated carbocycles. The number of nitrogens with zero attached hydrogens (tertiary/aromatic N) is 3. The van der Waals surface area contributed by atoms with E-state index in [1.807, 2.05) is 78.3 Å². The summed E-state index contributed by atoms with van der Waals surface area (Å²) < 4.78 is 85.8. The number of rotatable bonds is 48. The number of carbonyl (C=O) groups excluding carboxylic acids is 4. The van der Waals surface area contributed by atoms with Crippen molar-refractivity contribution in [3.05, 3.63) is 143 Å². The van der Waals surface area contributed by atoms with Gasteiger partial charge in [0.05, 0.1) is 17.7 Å². The number of nitrogens with one attached hydrogen (secondary N) is 8. The number of unbranched alkanes of at least 4 members (excludes halogenated alkanes) is 3. The van der Waals surface area contributed by atoms with E-state index in [0.717, 1.165) is 190 Å². The number of methoxy groups -OCH3 is 4. The topological polar surface area (TPSA) is 267 Å². The van der Waals surface area contributed by atoms with E-state index in [9.17, 15) is 37.5 Å². The molecule has 22 nitrogen and oxygen atoms in total. The third-order valence-electron chi connectivity index (χ3n) is 30.7. The standard InChI is InChI=1S/2C28H46FN3O2.2C27H44FN3O3/c1-30-21-26(20-23-12-5-3-6-13-23)31-27(33)32-18-11-16-25(22-32)28(29,17-9-10-19-34-2)24-14-7-4-8-15-24;1-30-20-24(18-21-10-4-3-5-11-21)31-28(33)27-16-9-15-26(32-27)25(14-6-7-17-34-2)22-12-8-13-23(29)19-22;1-29-19-25(17-21-9-4-3-5-10-21)30-27(32)31-14-7-12-23(20-31)26(34-16-8-15-33-2)22-11-6-13-24(28)18-22;1-34-16-6-5-14-27(33,22-11-7-13-24(28)18-22)23-12-8-15-31(20-23)26(32)30-25(19-29)17-21-9-3-2-4-10-21/h4,7-8,14-15,23,25-26,30H,3,5-6,9-13,16-22H2,1-2H3,(H,31,33);8,12-13,19,21,24-27,30,32H,3-7,9-11,14-18,20H2,1-2H3,(H,31,33);6,11,13,18,21,23,25-26,29H,3-5,7-10,12,14-17,19-20H2,1-2H3,(H,30,32);7,11,13,18,21,23,25,33H,2-6,8-10,12,14-17,19-20,29H2,1H3,(H,30,32)/t25-,26+,28-;24-,25-,26-,27?;23-,25+,26+;23-,25+,27-/m1011/s1. The number of halogens is 4. The Balaban J connectivity index is 0.000000203. The Morgan fingerprint density at radius 3 is 1.36 bits per heavy atom. The predicted molar refractivity (Wildman–Crippen MR) is 539 cm³/mol. The number of ether oxygens (including phenoxy) is 5. The molecule has 768 valence electrons. The monoisotopic (exact) mass is 1910 g/mol. The Hall–Kier alpha value is -6.56. The molecule has 11 N–H and O–H groups in total. The molecule has 8 fully saturated rings. The van der Waals surface area contributed by atoms with Gasteiger partial charge in [-0.1, -0.05) is 202 Å². The van der Waals surface area contributed by atoms with Crippen LogP contribution in [0.25, 0.3) is 0 Å². The summed E-state index contributed by atoms with van der Waals surface area (Å²) in [5.41, 5.74) is 6.60. The number of benzene rings is 4. The van der Waals surface area contributed by atoms with Crippen LogP contribution in [0.3, 0.4) is 0 Å². The summed E-state index contributed by atoms with van der Waals surface area (Å²) in [6.07, 6.45) is 45.7. The number of aliphatic hydroxyl groups is 1. The van der Waals surface area contributed by atoms with Crippen LogP contribution < -0.4 is 48.3 Å². The number of hydrogen-bond donors (Lipinski definition) is 10. The van der Waals surface area contributed by atoms with Crippen molar-refractivity contribution in [2.75, 3.05) is 148 Å². The van der Waals surface area contributed by atoms with Gasteiger partial charge in [-0.25, -0.2) is 31.9 Å². The van der Waals surface area contributed by atoms with Crippen molar-refractivity contribution in [2.45, 2.75) is 336 Å². The van der Waals surface area contributed by atoms with Crippen LogP contribution in [-0.2, 0) is 39.7 Å². The van der Waals surface area contributed by atoms with Crippen molar-refractivity contribution < 1.29 is 65.5 Å². The molecular formula is C110H180F4N12O10. The number of hydrogen-bond acceptors (Lipinski definition) is 15. The number of amides is 7. The minimum absolute atomic E-state index is 0.0122. The fourth-order valence-corrected chi connectivity index (χ4v) is 23.4. The van der Waals surface area contributed by atoms with Gasteiger partial charge in [0.25, 0.3) is 0 Å². The number of nitrogens with two attached hydrogens (primary N) is 1. The number of likely N-dealkylation sites (tertiary alicyclic amines) is 3. The van der Waals surface area contributed by atoms with Crippen LogP contribution in [0.5, 0.6) is 0 Å². The van der Waals surface area contributed by atoms with Gasteiger partial charge in [-0.3, -0.25) is 4.79 Å². The molecule has 4 heterocycles. The van der Waals surface area contributed by atoms with Crippen LogP contribution in [0.2, 0.25) is 0 Å². The van der Waals surface area contributed by atoms with Gasteiger partial charge in [-0.2, -0.15) is 0 Å². The lowest BCUT2D eigenvalue weighted by atomic mass is 9.74. The number of alkyl halides is 1. The van der Waals surface area contributed by atoms with Crippen LogP contribution >= 0.6 is 0 Å². The van der Waals surface area contributed by atoms with Gasteiger partial charge in [0.15, 0.2) is 0 Å². The van der Waals surface area contributed by atoms with Gasteiger partial charge in [-0.15, -0.1) is 0 Å². The number of piperidine rings is 4. The third kappa shape index (κ3) is 39.0. The molecule has 7 amide bonds. The Morgan fingerprint density at radius 1 is 0.434 bits per heavy atom. The lowest BCUT2D eigenvalue weighted by Gasteiger charge is -2.43. The molecule has 0 bridgehead atoms. The fraction of sp³-hybridized carbons (Fsp3) is 0.745. The average Bonchev–Trinajstić information content (AvgIpc) is 0.778. The first-order chi connectivity index (χ1) is 66.2. The van der Waals surface area contributed by atoms with E-state index >= 15 is 4.39 Å². The SMILES string of the molecule is CNC[C@H](CC1CCCCC1)NC(=O)C1CCC[C@@H]([C@@H](CCCCOC)c2cccc(F)c2)N1.CNC[C@H](CC1CCCCC1)NC(=O)N1CCC[C@@H]([C@@H](OCCCOC)c2cccc(F)c2)C1.CNC[C@H](CC1CCCCC1)NC(=O)N1CCC[C@@H]([C@@](F)(CCCCOC)c2ccccc2)C1.COCCCC[C@@](O)(c1cccc(F)c1)[C@@H]1CCCN(C(=O)N[C@H](CN)CC2CCCCC2)C1. The third-order valence-corrected chi connectivity index (χ3v) is 30.7. The molecule has 0 radical (unpaired) electrons. The molecule has 4 aromatic rings. The zero-order chi connectivity index (χ0) is 97.0. The average molecular weight is 1910 g/mol. The van der Waals surface area contributed by atoms with Gasteiger partial charge in [0.1, 0.15) is 23.1 Å². The molecule has 26 heteroatoms. The zero-order valence-corrected chi connectivity index (χ0v) is 84.5. The largest absolute Gasteiger partial charge is 0.385 e. The van der Waals surface area contributed by atoms with E-state index < -0.39 is 11.3 Å². The molecule has 8 aliphatic rings. The van der Waals surface area contributed by atoms with E-state index in [1.165, 1.54) is 153 Å². The van der Waals surface area contributed by atoms with Crippen LogP contribution in [0.1, 0.15) is 310 Å². The first-order valence-electron chi connectivity index (χ1n) is 53.4. The van der Waals surface area contributed by atoms with E-state index in [0.29, 0.717) is 102 Å². The van der Waals surface area contributed by atoms with Crippen molar-refractivity contribution >= 4 is 24.0 Å². The van der Waals surface area contributed by atoms with Gasteiger partial charge in [0.2, 0.25) is 5.91 Å². The first kappa shape index (κ1) is 113. The Morgan fingerprint density at radius 2 is 0.860 bits per heavy atom. The molecule has 4 aliphatic carbocycles. The van der Waals surface area contributed by atoms with Crippen LogP contribution in [-0.4, -0.2) is 228 Å². The van der Waals surface area contributed by atoms with Gasteiger partial charge in [-0.05, 0) is 251 Å². The van der Waals surface area contributed by atoms with Gasteiger partial charge in [0, 0.05) is 175 Å². The summed E-state index contributed by atoms with van der Waals surface area (Å²) >= 11 is 0. The first-order valence-corrected chi connectivity index (χ1v) is 53.4. The van der Waals surface area contributed by atoms with Crippen molar-refractivity contribution in [3.8, 4) is 0 Å². The second-order valence-electron chi connectivity index (χ2n) is 41.1. The highest BCUT2D eigenvalue weighted by molar-refractivity contribution is 5.82. The summed E-state index contributed by atoms with van der Waals surface area (Å²) in [5, 5.41) is 38.5. The highest BCUT2D eigenvalue weighted by Gasteiger charge is 2.45. The smallest absolute Gasteiger partial charge is 0.317 e. The quantitative estimate of drug-likeness (QED) is 0.0146. The molecule has 4 aliphatic heterocycles. The maximum Gasteiger partial charge on any atom is 0.317 e. The highest BCUT2D eigenvalue weighted by atomic mass is 19.1. The summed E-state index contributed by atoms with van der Waals surface area (Å²) in [4.78, 5) is 58.6. The maximum atomic E-state index is 16.8. The minimum atomic E-state index is -1.43. The van der Waals surface area contributed by atoms with Crippen molar-refractivity contribution in [3.63, 3.8) is 0 Å². The summed E-state index contributed by atoms with van der Waals surface area (Å²) in [6, 6.07) is 29.8. The molecule has 136 heavy (non-hydrogen) atoms. The predicted octanol–water partition coefficient (Wildman–Crippen LogP) is 20.0. The minimum Gasteiger partial charge on any atom is -0.385 e. The van der Waals surface area contributed by atoms with E-state index in [-0.39, 0.29) is 107 Å². The van der Waals surface area contributed by atoms with E-state index in [1.54, 1.807) is 64.8 Å². The van der Waals surface area contributed by atoms with Crippen molar-refractivity contribution in [2.24, 2.45) is 47.2 Å². The molecule has 4 saturated heterocycles. The van der Waals surface area contributed by atoms with Gasteiger partial charge < -0.3 is 91.8 Å². The number of likely N-dealkylation sites (N-methyl/N-ethyl adjacent to an activating group) is 3. The summed E-state index contributed by atoms with van der Waals surface area (Å²) in [7, 11) is 12.6. The molecule has 13 atom stereocenters. The maximum absolute atomic E-state index is 16.8. The van der Waals surface area contributed by atoms with Crippen molar-refractivity contribution in [1.29, 1.82) is 0 Å². The van der Waals surface area contributed by atoms with E-state index in [4.69, 9.17) is 29.4 Å². The fourth-order valence-electron chi connectivity index (χ4n) is 23.4. The van der Waals surface area contributed by atoms with Crippen LogP contribution in [0, 0.1) is 58.9 Å². The second-order valence-corrected chi connectivity index (χ2v) is 41.1. The molecule has 0 spiro atoms. The Kier molecular flexibility index (Phi) is 53.3.